The number of carbonyl (C=O) groups excluding carboxylic acids is 2. The maximum absolute atomic E-state index is 13.0. The lowest BCUT2D eigenvalue weighted by Crippen LogP contribution is -2.41. The molecule has 0 radical (unpaired) electrons. The summed E-state index contributed by atoms with van der Waals surface area (Å²) < 4.78 is 32.4. The Morgan fingerprint density at radius 3 is 2.61 bits per heavy atom. The van der Waals surface area contributed by atoms with Crippen LogP contribution in [0.5, 0.6) is 0 Å². The van der Waals surface area contributed by atoms with Crippen molar-refractivity contribution in [1.29, 1.82) is 0 Å². The summed E-state index contributed by atoms with van der Waals surface area (Å²) in [6.07, 6.45) is 0.869. The Bertz CT molecular complexity index is 1250. The molecule has 1 aliphatic rings. The van der Waals surface area contributed by atoms with Gasteiger partial charge in [-0.25, -0.2) is 8.42 Å². The zero-order valence-electron chi connectivity index (χ0n) is 16.8. The Balaban J connectivity index is 1.48. The molecule has 1 unspecified atom stereocenters. The van der Waals surface area contributed by atoms with Crippen LogP contribution in [0.4, 0.5) is 0 Å². The highest BCUT2D eigenvalue weighted by atomic mass is 35.5. The van der Waals surface area contributed by atoms with Gasteiger partial charge in [0.2, 0.25) is 15.8 Å². The number of esters is 1. The first-order valence-electron chi connectivity index (χ1n) is 9.83. The molecule has 0 amide bonds. The van der Waals surface area contributed by atoms with Gasteiger partial charge in [0.1, 0.15) is 6.04 Å². The predicted octanol–water partition coefficient (Wildman–Crippen LogP) is 3.71. The minimum absolute atomic E-state index is 0.0575. The van der Waals surface area contributed by atoms with Crippen LogP contribution in [0, 0.1) is 6.92 Å². The number of aromatic nitrogens is 1. The largest absolute Gasteiger partial charge is 0.456 e. The lowest BCUT2D eigenvalue weighted by molar-refractivity contribution is -0.146. The molecule has 0 bridgehead atoms. The fourth-order valence-electron chi connectivity index (χ4n) is 3.95. The van der Waals surface area contributed by atoms with E-state index in [1.54, 1.807) is 6.92 Å². The van der Waals surface area contributed by atoms with E-state index in [2.05, 4.69) is 4.98 Å². The quantitative estimate of drug-likeness (QED) is 0.446. The second-order valence-electron chi connectivity index (χ2n) is 7.43. The molecule has 1 atom stereocenters. The van der Waals surface area contributed by atoms with Gasteiger partial charge in [0.15, 0.2) is 6.61 Å². The number of fused-ring (bicyclic) bond motifs is 1. The van der Waals surface area contributed by atoms with E-state index in [9.17, 15) is 18.0 Å². The van der Waals surface area contributed by atoms with Crippen LogP contribution in [0.15, 0.2) is 53.4 Å². The van der Waals surface area contributed by atoms with Gasteiger partial charge in [0, 0.05) is 33.7 Å². The summed E-state index contributed by atoms with van der Waals surface area (Å²) in [5.74, 6) is -1.06. The van der Waals surface area contributed by atoms with E-state index >= 15 is 0 Å². The van der Waals surface area contributed by atoms with Crippen LogP contribution in [-0.2, 0) is 19.6 Å². The number of hydrogen-bond acceptors (Lipinski definition) is 5. The molecule has 162 valence electrons. The van der Waals surface area contributed by atoms with Crippen LogP contribution in [0.3, 0.4) is 0 Å². The molecule has 1 aromatic heterocycles. The van der Waals surface area contributed by atoms with E-state index in [-0.39, 0.29) is 17.2 Å². The molecule has 1 aliphatic heterocycles. The van der Waals surface area contributed by atoms with E-state index in [1.807, 2.05) is 24.3 Å². The van der Waals surface area contributed by atoms with Crippen molar-refractivity contribution in [2.24, 2.45) is 0 Å². The second-order valence-corrected chi connectivity index (χ2v) is 9.76. The maximum Gasteiger partial charge on any atom is 0.324 e. The number of Topliss-reactive ketones (excluding diaryl/α,β-unsaturated/α-hetero) is 1. The van der Waals surface area contributed by atoms with Gasteiger partial charge in [-0.1, -0.05) is 29.8 Å². The molecule has 7 nitrogen and oxygen atoms in total. The standard InChI is InChI=1S/C22H21ClN2O5S/c1-14-21(17-5-2-3-6-18(17)24-14)20(26)13-30-22(27)19-7-4-12-25(19)31(28,29)16-10-8-15(23)9-11-16/h2-3,5-6,8-11,19,24H,4,7,12-13H2,1H3. The monoisotopic (exact) mass is 460 g/mol. The average Bonchev–Trinajstić information content (AvgIpc) is 3.36. The molecular weight excluding hydrogens is 440 g/mol. The van der Waals surface area contributed by atoms with Gasteiger partial charge in [-0.15, -0.1) is 0 Å². The van der Waals surface area contributed by atoms with Crippen molar-refractivity contribution in [3.05, 3.63) is 64.8 Å². The minimum atomic E-state index is -3.88. The van der Waals surface area contributed by atoms with E-state index in [4.69, 9.17) is 16.3 Å². The van der Waals surface area contributed by atoms with Crippen molar-refractivity contribution >= 4 is 44.3 Å². The first kappa shape index (κ1) is 21.5. The molecule has 2 aromatic carbocycles. The Morgan fingerprint density at radius 1 is 1.16 bits per heavy atom. The SMILES string of the molecule is Cc1[nH]c2ccccc2c1C(=O)COC(=O)C1CCCN1S(=O)(=O)c1ccc(Cl)cc1. The van der Waals surface area contributed by atoms with E-state index < -0.39 is 28.6 Å². The molecule has 2 heterocycles. The summed E-state index contributed by atoms with van der Waals surface area (Å²) in [6.45, 7) is 1.54. The van der Waals surface area contributed by atoms with E-state index in [1.165, 1.54) is 24.3 Å². The number of rotatable bonds is 6. The first-order valence-corrected chi connectivity index (χ1v) is 11.7. The molecule has 4 rings (SSSR count). The number of aryl methyl sites for hydroxylation is 1. The van der Waals surface area contributed by atoms with Crippen LogP contribution in [0.1, 0.15) is 28.9 Å². The fraction of sp³-hybridized carbons (Fsp3) is 0.273. The third-order valence-electron chi connectivity index (χ3n) is 5.41. The smallest absolute Gasteiger partial charge is 0.324 e. The van der Waals surface area contributed by atoms with E-state index in [0.717, 1.165) is 15.2 Å². The zero-order valence-corrected chi connectivity index (χ0v) is 18.4. The number of nitrogens with one attached hydrogen (secondary N) is 1. The molecule has 1 N–H and O–H groups in total. The van der Waals surface area contributed by atoms with Gasteiger partial charge in [0.05, 0.1) is 4.90 Å². The number of ketones is 1. The Hall–Kier alpha value is -2.68. The number of aromatic amines is 1. The van der Waals surface area contributed by atoms with Crippen molar-refractivity contribution in [2.75, 3.05) is 13.2 Å². The lowest BCUT2D eigenvalue weighted by atomic mass is 10.1. The van der Waals surface area contributed by atoms with Crippen molar-refractivity contribution in [3.8, 4) is 0 Å². The van der Waals surface area contributed by atoms with Crippen LogP contribution in [0.2, 0.25) is 5.02 Å². The Labute approximate surface area is 185 Å². The van der Waals surface area contributed by atoms with Crippen molar-refractivity contribution in [1.82, 2.24) is 9.29 Å². The topological polar surface area (TPSA) is 96.5 Å². The number of carbonyl (C=O) groups is 2. The van der Waals surface area contributed by atoms with Gasteiger partial charge in [-0.2, -0.15) is 4.31 Å². The summed E-state index contributed by atoms with van der Waals surface area (Å²) in [6, 6.07) is 12.2. The molecule has 0 aliphatic carbocycles. The van der Waals surface area contributed by atoms with Gasteiger partial charge in [0.25, 0.3) is 0 Å². The number of para-hydroxylation sites is 1. The number of halogens is 1. The van der Waals surface area contributed by atoms with Crippen LogP contribution in [0.25, 0.3) is 10.9 Å². The first-order chi connectivity index (χ1) is 14.8. The van der Waals surface area contributed by atoms with Gasteiger partial charge >= 0.3 is 5.97 Å². The number of benzene rings is 2. The maximum atomic E-state index is 13.0. The van der Waals surface area contributed by atoms with E-state index in [0.29, 0.717) is 29.1 Å². The summed E-state index contributed by atoms with van der Waals surface area (Å²) in [5.41, 5.74) is 1.99. The molecule has 1 fully saturated rings. The number of hydrogen-bond donors (Lipinski definition) is 1. The number of sulfonamides is 1. The molecule has 9 heteroatoms. The Kier molecular flexibility index (Phi) is 5.88. The lowest BCUT2D eigenvalue weighted by Gasteiger charge is -2.22. The average molecular weight is 461 g/mol. The summed E-state index contributed by atoms with van der Waals surface area (Å²) in [7, 11) is -3.88. The van der Waals surface area contributed by atoms with Crippen LogP contribution >= 0.6 is 11.6 Å². The molecule has 1 saturated heterocycles. The highest BCUT2D eigenvalue weighted by Crippen LogP contribution is 2.28. The zero-order chi connectivity index (χ0) is 22.2. The van der Waals surface area contributed by atoms with Gasteiger partial charge in [-0.3, -0.25) is 9.59 Å². The number of H-pyrrole nitrogens is 1. The predicted molar refractivity (Wildman–Crippen MR) is 117 cm³/mol. The van der Waals surface area contributed by atoms with Crippen molar-refractivity contribution in [3.63, 3.8) is 0 Å². The molecule has 31 heavy (non-hydrogen) atoms. The highest BCUT2D eigenvalue weighted by molar-refractivity contribution is 7.89. The van der Waals surface area contributed by atoms with Crippen molar-refractivity contribution in [2.45, 2.75) is 30.7 Å². The summed E-state index contributed by atoms with van der Waals surface area (Å²) >= 11 is 5.84. The minimum Gasteiger partial charge on any atom is -0.456 e. The number of nitrogens with zero attached hydrogens (tertiary/aromatic N) is 1. The van der Waals surface area contributed by atoms with Crippen molar-refractivity contribution < 1.29 is 22.7 Å². The van der Waals surface area contributed by atoms with Gasteiger partial charge < -0.3 is 9.72 Å². The third kappa shape index (κ3) is 4.11. The molecular formula is C22H21ClN2O5S. The third-order valence-corrected chi connectivity index (χ3v) is 7.59. The molecule has 3 aromatic rings. The summed E-state index contributed by atoms with van der Waals surface area (Å²) in [4.78, 5) is 28.7. The Morgan fingerprint density at radius 2 is 1.87 bits per heavy atom. The van der Waals surface area contributed by atoms with Crippen LogP contribution < -0.4 is 0 Å². The number of ether oxygens (including phenoxy) is 1. The molecule has 0 saturated carbocycles. The van der Waals surface area contributed by atoms with Gasteiger partial charge in [-0.05, 0) is 50.1 Å². The molecule has 0 spiro atoms. The summed E-state index contributed by atoms with van der Waals surface area (Å²) in [5, 5.41) is 1.18. The second kappa shape index (κ2) is 8.45. The normalized spacial score (nSPS) is 17.2. The van der Waals surface area contributed by atoms with Crippen LogP contribution in [-0.4, -0.2) is 48.7 Å². The highest BCUT2D eigenvalue weighted by Gasteiger charge is 2.40. The fourth-order valence-corrected chi connectivity index (χ4v) is 5.72.